The molecule has 20 heavy (non-hydrogen) atoms. The predicted molar refractivity (Wildman–Crippen MR) is 81.1 cm³/mol. The predicted octanol–water partition coefficient (Wildman–Crippen LogP) is 2.37. The summed E-state index contributed by atoms with van der Waals surface area (Å²) in [4.78, 5) is 16.2. The maximum atomic E-state index is 11.8. The van der Waals surface area contributed by atoms with E-state index in [0.29, 0.717) is 19.4 Å². The number of pyridine rings is 1. The van der Waals surface area contributed by atoms with Gasteiger partial charge in [-0.1, -0.05) is 24.3 Å². The van der Waals surface area contributed by atoms with Gasteiger partial charge in [-0.3, -0.25) is 9.78 Å². The average molecular weight is 271 g/mol. The van der Waals surface area contributed by atoms with Crippen molar-refractivity contribution in [2.75, 3.05) is 0 Å². The van der Waals surface area contributed by atoms with Crippen LogP contribution in [0.5, 0.6) is 0 Å². The third-order valence-corrected chi connectivity index (χ3v) is 3.19. The maximum absolute atomic E-state index is 11.8. The summed E-state index contributed by atoms with van der Waals surface area (Å²) < 4.78 is 0. The van der Waals surface area contributed by atoms with Crippen LogP contribution in [-0.4, -0.2) is 16.4 Å². The van der Waals surface area contributed by atoms with Crippen LogP contribution in [0.4, 0.5) is 0 Å². The zero-order valence-corrected chi connectivity index (χ0v) is 12.0. The molecule has 1 amide bonds. The number of nitrogens with zero attached hydrogens (tertiary/aromatic N) is 1. The molecule has 0 bridgehead atoms. The molecule has 0 spiro atoms. The highest BCUT2D eigenvalue weighted by Crippen LogP contribution is 2.15. The molecule has 106 valence electrons. The first kappa shape index (κ1) is 14.5. The van der Waals surface area contributed by atoms with Crippen molar-refractivity contribution >= 4 is 16.8 Å². The second-order valence-corrected chi connectivity index (χ2v) is 5.76. The van der Waals surface area contributed by atoms with Crippen LogP contribution >= 0.6 is 0 Å². The highest BCUT2D eigenvalue weighted by atomic mass is 16.1. The van der Waals surface area contributed by atoms with E-state index in [-0.39, 0.29) is 11.4 Å². The van der Waals surface area contributed by atoms with E-state index < -0.39 is 0 Å². The van der Waals surface area contributed by atoms with E-state index in [0.717, 1.165) is 16.5 Å². The number of para-hydroxylation sites is 1. The van der Waals surface area contributed by atoms with Gasteiger partial charge in [-0.05, 0) is 31.9 Å². The highest BCUT2D eigenvalue weighted by Gasteiger charge is 2.13. The van der Waals surface area contributed by atoms with Crippen LogP contribution in [0.1, 0.15) is 32.3 Å². The molecule has 0 atom stereocenters. The Morgan fingerprint density at radius 2 is 2.05 bits per heavy atom. The zero-order valence-electron chi connectivity index (χ0n) is 12.0. The van der Waals surface area contributed by atoms with Gasteiger partial charge in [-0.15, -0.1) is 0 Å². The lowest BCUT2D eigenvalue weighted by Gasteiger charge is -2.17. The maximum Gasteiger partial charge on any atom is 0.220 e. The van der Waals surface area contributed by atoms with Gasteiger partial charge in [-0.2, -0.15) is 0 Å². The minimum Gasteiger partial charge on any atom is -0.352 e. The van der Waals surface area contributed by atoms with Gasteiger partial charge < -0.3 is 11.1 Å². The number of aromatic nitrogens is 1. The smallest absolute Gasteiger partial charge is 0.220 e. The summed E-state index contributed by atoms with van der Waals surface area (Å²) in [6.07, 6.45) is 2.89. The fourth-order valence-corrected chi connectivity index (χ4v) is 2.03. The van der Waals surface area contributed by atoms with Gasteiger partial charge in [-0.25, -0.2) is 0 Å². The molecule has 1 aromatic carbocycles. The van der Waals surface area contributed by atoms with Crippen LogP contribution in [-0.2, 0) is 11.3 Å². The Labute approximate surface area is 119 Å². The zero-order chi connectivity index (χ0) is 14.6. The van der Waals surface area contributed by atoms with E-state index in [9.17, 15) is 4.79 Å². The summed E-state index contributed by atoms with van der Waals surface area (Å²) in [6, 6.07) is 9.92. The van der Waals surface area contributed by atoms with Crippen LogP contribution in [0.25, 0.3) is 10.9 Å². The molecule has 4 heteroatoms. The number of carbonyl (C=O) groups excluding carboxylic acids is 1. The lowest BCUT2D eigenvalue weighted by atomic mass is 10.00. The number of rotatable bonds is 5. The fourth-order valence-electron chi connectivity index (χ4n) is 2.03. The Morgan fingerprint density at radius 3 is 2.80 bits per heavy atom. The van der Waals surface area contributed by atoms with E-state index in [4.69, 9.17) is 5.73 Å². The standard InChI is InChI=1S/C16H21N3O/c1-16(2,17)9-8-14(20)19-11-13-6-3-5-12-7-4-10-18-15(12)13/h3-7,10H,8-9,11,17H2,1-2H3,(H,19,20). The van der Waals surface area contributed by atoms with E-state index in [2.05, 4.69) is 10.3 Å². The highest BCUT2D eigenvalue weighted by molar-refractivity contribution is 5.82. The number of hydrogen-bond donors (Lipinski definition) is 2. The Morgan fingerprint density at radius 1 is 1.30 bits per heavy atom. The van der Waals surface area contributed by atoms with Gasteiger partial charge in [0.15, 0.2) is 0 Å². The second kappa shape index (κ2) is 6.01. The third kappa shape index (κ3) is 4.03. The molecule has 0 aliphatic heterocycles. The summed E-state index contributed by atoms with van der Waals surface area (Å²) in [5.41, 5.74) is 7.54. The Bertz CT molecular complexity index is 597. The second-order valence-electron chi connectivity index (χ2n) is 5.76. The van der Waals surface area contributed by atoms with Gasteiger partial charge in [0.05, 0.1) is 5.52 Å². The van der Waals surface area contributed by atoms with Crippen LogP contribution < -0.4 is 11.1 Å². The van der Waals surface area contributed by atoms with Crippen LogP contribution in [0, 0.1) is 0 Å². The van der Waals surface area contributed by atoms with Gasteiger partial charge >= 0.3 is 0 Å². The first-order valence-electron chi connectivity index (χ1n) is 6.84. The van der Waals surface area contributed by atoms with Crippen molar-refractivity contribution in [3.05, 3.63) is 42.1 Å². The molecule has 4 nitrogen and oxygen atoms in total. The number of nitrogens with two attached hydrogens (primary N) is 1. The van der Waals surface area contributed by atoms with Crippen LogP contribution in [0.3, 0.4) is 0 Å². The summed E-state index contributed by atoms with van der Waals surface area (Å²) in [5, 5.41) is 4.01. The van der Waals surface area contributed by atoms with Crippen molar-refractivity contribution in [3.63, 3.8) is 0 Å². The molecule has 0 saturated heterocycles. The Balaban J connectivity index is 1.98. The summed E-state index contributed by atoms with van der Waals surface area (Å²) in [7, 11) is 0. The molecule has 3 N–H and O–H groups in total. The largest absolute Gasteiger partial charge is 0.352 e. The molecule has 0 aliphatic carbocycles. The quantitative estimate of drug-likeness (QED) is 0.877. The van der Waals surface area contributed by atoms with Crippen LogP contribution in [0.15, 0.2) is 36.5 Å². The van der Waals surface area contributed by atoms with Gasteiger partial charge in [0.25, 0.3) is 0 Å². The van der Waals surface area contributed by atoms with Crippen molar-refractivity contribution in [2.24, 2.45) is 5.73 Å². The topological polar surface area (TPSA) is 68.0 Å². The lowest BCUT2D eigenvalue weighted by Crippen LogP contribution is -2.34. The Kier molecular flexibility index (Phi) is 4.35. The molecule has 0 unspecified atom stereocenters. The Hall–Kier alpha value is -1.94. The van der Waals surface area contributed by atoms with E-state index >= 15 is 0 Å². The summed E-state index contributed by atoms with van der Waals surface area (Å²) >= 11 is 0. The van der Waals surface area contributed by atoms with E-state index in [1.165, 1.54) is 0 Å². The number of hydrogen-bond acceptors (Lipinski definition) is 3. The van der Waals surface area contributed by atoms with Gasteiger partial charge in [0.1, 0.15) is 0 Å². The number of nitrogens with one attached hydrogen (secondary N) is 1. The molecule has 0 radical (unpaired) electrons. The van der Waals surface area contributed by atoms with Crippen molar-refractivity contribution in [1.29, 1.82) is 0 Å². The molecule has 2 aromatic rings. The molecular weight excluding hydrogens is 250 g/mol. The number of carbonyl (C=O) groups is 1. The summed E-state index contributed by atoms with van der Waals surface area (Å²) in [6.45, 7) is 4.35. The molecule has 2 rings (SSSR count). The number of benzene rings is 1. The van der Waals surface area contributed by atoms with Crippen LogP contribution in [0.2, 0.25) is 0 Å². The molecular formula is C16H21N3O. The fraction of sp³-hybridized carbons (Fsp3) is 0.375. The normalized spacial score (nSPS) is 11.6. The molecule has 0 saturated carbocycles. The van der Waals surface area contributed by atoms with Gasteiger partial charge in [0.2, 0.25) is 5.91 Å². The lowest BCUT2D eigenvalue weighted by molar-refractivity contribution is -0.121. The molecule has 1 heterocycles. The average Bonchev–Trinajstić information content (AvgIpc) is 2.42. The SMILES string of the molecule is CC(C)(N)CCC(=O)NCc1cccc2cccnc12. The van der Waals surface area contributed by atoms with Crippen molar-refractivity contribution in [3.8, 4) is 0 Å². The van der Waals surface area contributed by atoms with Gasteiger partial charge in [0, 0.05) is 30.1 Å². The summed E-state index contributed by atoms with van der Waals surface area (Å²) in [5.74, 6) is 0.0245. The van der Waals surface area contributed by atoms with Crippen molar-refractivity contribution in [2.45, 2.75) is 38.8 Å². The van der Waals surface area contributed by atoms with E-state index in [1.54, 1.807) is 6.20 Å². The minimum absolute atomic E-state index is 0.0245. The van der Waals surface area contributed by atoms with Crippen molar-refractivity contribution < 1.29 is 4.79 Å². The number of fused-ring (bicyclic) bond motifs is 1. The number of amides is 1. The molecule has 0 fully saturated rings. The monoisotopic (exact) mass is 271 g/mol. The van der Waals surface area contributed by atoms with E-state index in [1.807, 2.05) is 44.2 Å². The first-order chi connectivity index (χ1) is 9.46. The third-order valence-electron chi connectivity index (χ3n) is 3.19. The minimum atomic E-state index is -0.307. The first-order valence-corrected chi connectivity index (χ1v) is 6.84. The molecule has 1 aromatic heterocycles. The van der Waals surface area contributed by atoms with Crippen molar-refractivity contribution in [1.82, 2.24) is 10.3 Å². The molecule has 0 aliphatic rings.